The van der Waals surface area contributed by atoms with Gasteiger partial charge in [0.15, 0.2) is 0 Å². The minimum absolute atomic E-state index is 0.140. The van der Waals surface area contributed by atoms with E-state index in [1.54, 1.807) is 6.07 Å². The molecule has 2 aromatic rings. The zero-order valence-corrected chi connectivity index (χ0v) is 9.83. The van der Waals surface area contributed by atoms with Crippen molar-refractivity contribution in [3.05, 3.63) is 41.9 Å². The van der Waals surface area contributed by atoms with Crippen LogP contribution in [0.4, 0.5) is 4.39 Å². The summed E-state index contributed by atoms with van der Waals surface area (Å²) in [6, 6.07) is 5.17. The van der Waals surface area contributed by atoms with Gasteiger partial charge in [0.1, 0.15) is 5.82 Å². The Labute approximate surface area is 99.7 Å². The Balaban J connectivity index is 2.12. The second kappa shape index (κ2) is 4.00. The third kappa shape index (κ3) is 1.76. The Bertz CT molecular complexity index is 583. The van der Waals surface area contributed by atoms with Gasteiger partial charge in [0.25, 0.3) is 0 Å². The summed E-state index contributed by atoms with van der Waals surface area (Å²) < 4.78 is 13.9. The largest absolute Gasteiger partial charge is 0.360 e. The fraction of sp³-hybridized carbons (Fsp3) is 0.286. The number of halogens is 1. The summed E-state index contributed by atoms with van der Waals surface area (Å²) in [7, 11) is 2.10. The summed E-state index contributed by atoms with van der Waals surface area (Å²) in [4.78, 5) is 5.40. The van der Waals surface area contributed by atoms with Gasteiger partial charge in [0, 0.05) is 35.8 Å². The van der Waals surface area contributed by atoms with Gasteiger partial charge in [-0.15, -0.1) is 0 Å². The molecule has 3 rings (SSSR count). The number of likely N-dealkylation sites (N-methyl/N-ethyl adjacent to an activating group) is 1. The Morgan fingerprint density at radius 1 is 1.35 bits per heavy atom. The van der Waals surface area contributed by atoms with E-state index in [4.69, 9.17) is 0 Å². The second-order valence-corrected chi connectivity index (χ2v) is 4.61. The highest BCUT2D eigenvalue weighted by atomic mass is 19.1. The molecule has 0 saturated carbocycles. The quantitative estimate of drug-likeness (QED) is 0.797. The van der Waals surface area contributed by atoms with E-state index in [0.717, 1.165) is 36.0 Å². The maximum absolute atomic E-state index is 13.9. The predicted molar refractivity (Wildman–Crippen MR) is 68.3 cm³/mol. The summed E-state index contributed by atoms with van der Waals surface area (Å²) >= 11 is 0. The number of aromatic amines is 1. The van der Waals surface area contributed by atoms with Gasteiger partial charge in [-0.2, -0.15) is 0 Å². The normalized spacial score (nSPS) is 17.4. The van der Waals surface area contributed by atoms with Crippen LogP contribution in [-0.4, -0.2) is 30.0 Å². The van der Waals surface area contributed by atoms with Crippen LogP contribution >= 0.6 is 0 Å². The average molecular weight is 230 g/mol. The number of nitrogens with one attached hydrogen (secondary N) is 1. The van der Waals surface area contributed by atoms with Gasteiger partial charge in [-0.05, 0) is 31.2 Å². The van der Waals surface area contributed by atoms with Crippen molar-refractivity contribution in [2.45, 2.75) is 6.42 Å². The summed E-state index contributed by atoms with van der Waals surface area (Å²) in [6.07, 6.45) is 5.10. The molecule has 2 heterocycles. The fourth-order valence-electron chi connectivity index (χ4n) is 2.41. The van der Waals surface area contributed by atoms with E-state index < -0.39 is 0 Å². The first-order chi connectivity index (χ1) is 8.25. The van der Waals surface area contributed by atoms with Crippen LogP contribution < -0.4 is 0 Å². The monoisotopic (exact) mass is 230 g/mol. The van der Waals surface area contributed by atoms with Gasteiger partial charge in [-0.1, -0.05) is 12.1 Å². The maximum atomic E-state index is 13.9. The molecule has 88 valence electrons. The molecule has 1 N–H and O–H groups in total. The lowest BCUT2D eigenvalue weighted by Gasteiger charge is -2.21. The highest BCUT2D eigenvalue weighted by Crippen LogP contribution is 2.30. The molecule has 0 fully saturated rings. The first kappa shape index (κ1) is 10.5. The molecular formula is C14H15FN2. The van der Waals surface area contributed by atoms with Crippen LogP contribution in [0.25, 0.3) is 16.5 Å². The smallest absolute Gasteiger partial charge is 0.133 e. The van der Waals surface area contributed by atoms with E-state index in [0.29, 0.717) is 0 Å². The molecule has 0 bridgehead atoms. The van der Waals surface area contributed by atoms with Crippen LogP contribution in [0.3, 0.4) is 0 Å². The zero-order chi connectivity index (χ0) is 11.8. The average Bonchev–Trinajstić information content (AvgIpc) is 2.75. The Morgan fingerprint density at radius 2 is 2.24 bits per heavy atom. The van der Waals surface area contributed by atoms with Crippen LogP contribution in [-0.2, 0) is 0 Å². The lowest BCUT2D eigenvalue weighted by atomic mass is 9.99. The van der Waals surface area contributed by atoms with Crippen molar-refractivity contribution in [3.8, 4) is 0 Å². The predicted octanol–water partition coefficient (Wildman–Crippen LogP) is 3.03. The third-order valence-corrected chi connectivity index (χ3v) is 3.41. The molecule has 0 saturated heterocycles. The number of benzene rings is 1. The maximum Gasteiger partial charge on any atom is 0.133 e. The number of rotatable bonds is 1. The van der Waals surface area contributed by atoms with E-state index in [1.165, 1.54) is 11.6 Å². The lowest BCUT2D eigenvalue weighted by Crippen LogP contribution is -2.23. The van der Waals surface area contributed by atoms with E-state index in [1.807, 2.05) is 12.3 Å². The van der Waals surface area contributed by atoms with Crippen molar-refractivity contribution in [3.63, 3.8) is 0 Å². The molecule has 2 nitrogen and oxygen atoms in total. The molecule has 0 aliphatic carbocycles. The van der Waals surface area contributed by atoms with Gasteiger partial charge in [-0.3, -0.25) is 0 Å². The van der Waals surface area contributed by atoms with E-state index in [-0.39, 0.29) is 5.82 Å². The topological polar surface area (TPSA) is 19.0 Å². The fourth-order valence-corrected chi connectivity index (χ4v) is 2.41. The summed E-state index contributed by atoms with van der Waals surface area (Å²) in [5, 5.41) is 0.725. The summed E-state index contributed by atoms with van der Waals surface area (Å²) in [5.74, 6) is -0.140. The lowest BCUT2D eigenvalue weighted by molar-refractivity contribution is 0.370. The molecule has 1 aromatic heterocycles. The van der Waals surface area contributed by atoms with Crippen LogP contribution in [0, 0.1) is 5.82 Å². The molecular weight excluding hydrogens is 215 g/mol. The molecule has 0 atom stereocenters. The van der Waals surface area contributed by atoms with Gasteiger partial charge in [-0.25, -0.2) is 4.39 Å². The van der Waals surface area contributed by atoms with Crippen molar-refractivity contribution < 1.29 is 4.39 Å². The highest BCUT2D eigenvalue weighted by molar-refractivity contribution is 5.93. The van der Waals surface area contributed by atoms with Crippen LogP contribution in [0.5, 0.6) is 0 Å². The molecule has 1 aliphatic rings. The Kier molecular flexibility index (Phi) is 2.48. The number of H-pyrrole nitrogens is 1. The molecule has 1 aliphatic heterocycles. The first-order valence-corrected chi connectivity index (χ1v) is 5.89. The minimum atomic E-state index is -0.140. The second-order valence-electron chi connectivity index (χ2n) is 4.61. The number of hydrogen-bond acceptors (Lipinski definition) is 1. The van der Waals surface area contributed by atoms with E-state index >= 15 is 0 Å². The van der Waals surface area contributed by atoms with Crippen molar-refractivity contribution >= 4 is 16.5 Å². The van der Waals surface area contributed by atoms with Crippen molar-refractivity contribution in [1.29, 1.82) is 0 Å². The molecule has 1 aromatic carbocycles. The van der Waals surface area contributed by atoms with Gasteiger partial charge in [0.05, 0.1) is 0 Å². The first-order valence-electron chi connectivity index (χ1n) is 5.89. The summed E-state index contributed by atoms with van der Waals surface area (Å²) in [6.45, 7) is 1.98. The highest BCUT2D eigenvalue weighted by Gasteiger charge is 2.15. The standard InChI is InChI=1S/C14H15FN2/c1-17-7-5-10(6-8-17)11-9-16-13-4-2-3-12(15)14(11)13/h2-5,9,16H,6-8H2,1H3. The number of aromatic nitrogens is 1. The third-order valence-electron chi connectivity index (χ3n) is 3.41. The van der Waals surface area contributed by atoms with Crippen molar-refractivity contribution in [2.75, 3.05) is 20.1 Å². The summed E-state index contributed by atoms with van der Waals surface area (Å²) in [5.41, 5.74) is 3.14. The SMILES string of the molecule is CN1CC=C(c2c[nH]c3cccc(F)c23)CC1. The number of nitrogens with zero attached hydrogens (tertiary/aromatic N) is 1. The Hall–Kier alpha value is -1.61. The van der Waals surface area contributed by atoms with Crippen LogP contribution in [0.15, 0.2) is 30.5 Å². The minimum Gasteiger partial charge on any atom is -0.360 e. The van der Waals surface area contributed by atoms with Gasteiger partial charge >= 0.3 is 0 Å². The molecule has 3 heteroatoms. The van der Waals surface area contributed by atoms with Gasteiger partial charge in [0.2, 0.25) is 0 Å². The van der Waals surface area contributed by atoms with Crippen LogP contribution in [0.2, 0.25) is 0 Å². The molecule has 17 heavy (non-hydrogen) atoms. The number of hydrogen-bond donors (Lipinski definition) is 1. The van der Waals surface area contributed by atoms with Crippen molar-refractivity contribution in [1.82, 2.24) is 9.88 Å². The van der Waals surface area contributed by atoms with E-state index in [9.17, 15) is 4.39 Å². The zero-order valence-electron chi connectivity index (χ0n) is 9.83. The van der Waals surface area contributed by atoms with Gasteiger partial charge < -0.3 is 9.88 Å². The number of fused-ring (bicyclic) bond motifs is 1. The molecule has 0 amide bonds. The molecule has 0 radical (unpaired) electrons. The van der Waals surface area contributed by atoms with E-state index in [2.05, 4.69) is 23.0 Å². The Morgan fingerprint density at radius 3 is 3.00 bits per heavy atom. The van der Waals surface area contributed by atoms with Crippen molar-refractivity contribution in [2.24, 2.45) is 0 Å². The molecule has 0 spiro atoms. The molecule has 0 unspecified atom stereocenters. The van der Waals surface area contributed by atoms with Crippen LogP contribution in [0.1, 0.15) is 12.0 Å².